The van der Waals surface area contributed by atoms with Gasteiger partial charge < -0.3 is 19.4 Å². The molecule has 1 N–H and O–H groups in total. The van der Waals surface area contributed by atoms with Crippen LogP contribution in [0.1, 0.15) is 35.8 Å². The van der Waals surface area contributed by atoms with Crippen LogP contribution in [0, 0.1) is 0 Å². The van der Waals surface area contributed by atoms with E-state index in [1.54, 1.807) is 20.4 Å². The zero-order chi connectivity index (χ0) is 20.4. The average Bonchev–Trinajstić information content (AvgIpc) is 3.48. The molecule has 6 heteroatoms. The molecular formula is C23H25N3O3. The van der Waals surface area contributed by atoms with Gasteiger partial charge in [-0.1, -0.05) is 36.4 Å². The number of hydrogen-bond acceptors (Lipinski definition) is 4. The highest BCUT2D eigenvalue weighted by Crippen LogP contribution is 2.49. The number of amides is 1. The maximum atomic E-state index is 13.4. The largest absolute Gasteiger partial charge is 0.493 e. The number of imidazole rings is 1. The molecule has 0 radical (unpaired) electrons. The van der Waals surface area contributed by atoms with Crippen LogP contribution in [-0.2, 0) is 17.3 Å². The molecule has 1 heterocycles. The number of aromatic nitrogens is 2. The number of carbonyl (C=O) groups is 1. The number of benzene rings is 2. The van der Waals surface area contributed by atoms with E-state index >= 15 is 0 Å². The highest BCUT2D eigenvalue weighted by atomic mass is 16.5. The lowest BCUT2D eigenvalue weighted by molar-refractivity contribution is -0.124. The monoisotopic (exact) mass is 391 g/mol. The van der Waals surface area contributed by atoms with Gasteiger partial charge in [0.2, 0.25) is 5.91 Å². The first-order valence-corrected chi connectivity index (χ1v) is 9.64. The fraction of sp³-hybridized carbons (Fsp3) is 0.304. The van der Waals surface area contributed by atoms with Gasteiger partial charge in [0.25, 0.3) is 0 Å². The van der Waals surface area contributed by atoms with E-state index in [0.717, 1.165) is 29.8 Å². The zero-order valence-electron chi connectivity index (χ0n) is 16.9. The van der Waals surface area contributed by atoms with E-state index in [4.69, 9.17) is 9.47 Å². The summed E-state index contributed by atoms with van der Waals surface area (Å²) in [5, 5.41) is 3.25. The predicted octanol–water partition coefficient (Wildman–Crippen LogP) is 3.37. The summed E-state index contributed by atoms with van der Waals surface area (Å²) in [5.74, 6) is 2.03. The molecular weight excluding hydrogens is 366 g/mol. The molecule has 0 spiro atoms. The predicted molar refractivity (Wildman–Crippen MR) is 110 cm³/mol. The van der Waals surface area contributed by atoms with Crippen LogP contribution in [-0.4, -0.2) is 29.7 Å². The number of hydrogen-bond donors (Lipinski definition) is 1. The highest BCUT2D eigenvalue weighted by Gasteiger charge is 2.51. The molecule has 1 saturated carbocycles. The minimum atomic E-state index is -0.457. The Bertz CT molecular complexity index is 1010. The molecule has 2 aromatic carbocycles. The van der Waals surface area contributed by atoms with Crippen molar-refractivity contribution in [3.8, 4) is 11.5 Å². The molecule has 0 aliphatic heterocycles. The minimum Gasteiger partial charge on any atom is -0.493 e. The van der Waals surface area contributed by atoms with E-state index in [0.29, 0.717) is 11.5 Å². The minimum absolute atomic E-state index is 0.0199. The Kier molecular flexibility index (Phi) is 5.01. The van der Waals surface area contributed by atoms with Gasteiger partial charge in [-0.05, 0) is 36.1 Å². The summed E-state index contributed by atoms with van der Waals surface area (Å²) in [6.07, 6.45) is 5.31. The summed E-state index contributed by atoms with van der Waals surface area (Å²) in [5.41, 5.74) is 1.49. The van der Waals surface area contributed by atoms with Crippen molar-refractivity contribution < 1.29 is 14.3 Å². The van der Waals surface area contributed by atoms with Gasteiger partial charge in [0.1, 0.15) is 11.9 Å². The highest BCUT2D eigenvalue weighted by molar-refractivity contribution is 5.91. The summed E-state index contributed by atoms with van der Waals surface area (Å²) in [7, 11) is 5.13. The van der Waals surface area contributed by atoms with Gasteiger partial charge in [-0.3, -0.25) is 4.79 Å². The number of methoxy groups -OCH3 is 2. The lowest BCUT2D eigenvalue weighted by Gasteiger charge is -2.24. The summed E-state index contributed by atoms with van der Waals surface area (Å²) in [6.45, 7) is 0. The van der Waals surface area contributed by atoms with Crippen LogP contribution in [0.4, 0.5) is 0 Å². The van der Waals surface area contributed by atoms with E-state index in [1.165, 1.54) is 0 Å². The molecule has 150 valence electrons. The molecule has 29 heavy (non-hydrogen) atoms. The maximum Gasteiger partial charge on any atom is 0.231 e. The molecule has 6 nitrogen and oxygen atoms in total. The van der Waals surface area contributed by atoms with E-state index < -0.39 is 11.5 Å². The number of carbonyl (C=O) groups excluding carboxylic acids is 1. The van der Waals surface area contributed by atoms with Crippen LogP contribution >= 0.6 is 0 Å². The second-order valence-electron chi connectivity index (χ2n) is 7.37. The number of ether oxygens (including phenoxy) is 2. The lowest BCUT2D eigenvalue weighted by atomic mass is 9.94. The average molecular weight is 391 g/mol. The molecule has 4 rings (SSSR count). The van der Waals surface area contributed by atoms with Crippen LogP contribution < -0.4 is 14.8 Å². The smallest absolute Gasteiger partial charge is 0.231 e. The van der Waals surface area contributed by atoms with Crippen molar-refractivity contribution in [1.29, 1.82) is 0 Å². The van der Waals surface area contributed by atoms with E-state index in [9.17, 15) is 4.79 Å². The normalized spacial score (nSPS) is 15.4. The Morgan fingerprint density at radius 1 is 1.10 bits per heavy atom. The summed E-state index contributed by atoms with van der Waals surface area (Å²) >= 11 is 0. The van der Waals surface area contributed by atoms with E-state index in [-0.39, 0.29) is 5.91 Å². The van der Waals surface area contributed by atoms with Crippen molar-refractivity contribution in [2.45, 2.75) is 24.3 Å². The SMILES string of the molecule is COc1ccc([C@@H](NC(=O)C2(c3ccccc3)CC2)c2nccn2C)cc1OC. The molecule has 1 aromatic heterocycles. The summed E-state index contributed by atoms with van der Waals surface area (Å²) in [6, 6.07) is 15.3. The van der Waals surface area contributed by atoms with Crippen molar-refractivity contribution in [3.63, 3.8) is 0 Å². The third-order valence-electron chi connectivity index (χ3n) is 5.64. The molecule has 1 aliphatic rings. The number of aryl methyl sites for hydroxylation is 1. The first kappa shape index (κ1) is 19.1. The van der Waals surface area contributed by atoms with Gasteiger partial charge >= 0.3 is 0 Å². The fourth-order valence-corrected chi connectivity index (χ4v) is 3.78. The second kappa shape index (κ2) is 7.62. The molecule has 0 unspecified atom stereocenters. The number of nitrogens with zero attached hydrogens (tertiary/aromatic N) is 2. The lowest BCUT2D eigenvalue weighted by Crippen LogP contribution is -2.38. The zero-order valence-corrected chi connectivity index (χ0v) is 16.9. The van der Waals surface area contributed by atoms with Crippen molar-refractivity contribution in [2.75, 3.05) is 14.2 Å². The molecule has 1 amide bonds. The van der Waals surface area contributed by atoms with Crippen molar-refractivity contribution >= 4 is 5.91 Å². The summed E-state index contributed by atoms with van der Waals surface area (Å²) < 4.78 is 12.7. The van der Waals surface area contributed by atoms with Crippen LogP contribution in [0.5, 0.6) is 11.5 Å². The fourth-order valence-electron chi connectivity index (χ4n) is 3.78. The van der Waals surface area contributed by atoms with Gasteiger partial charge in [-0.15, -0.1) is 0 Å². The van der Waals surface area contributed by atoms with E-state index in [1.807, 2.05) is 66.3 Å². The first-order chi connectivity index (χ1) is 14.1. The number of nitrogens with one attached hydrogen (secondary N) is 1. The molecule has 1 fully saturated rings. The topological polar surface area (TPSA) is 65.4 Å². The first-order valence-electron chi connectivity index (χ1n) is 9.64. The summed E-state index contributed by atoms with van der Waals surface area (Å²) in [4.78, 5) is 17.9. The molecule has 0 bridgehead atoms. The van der Waals surface area contributed by atoms with Crippen LogP contribution in [0.2, 0.25) is 0 Å². The molecule has 3 aromatic rings. The number of rotatable bonds is 7. The van der Waals surface area contributed by atoms with Crippen molar-refractivity contribution in [2.24, 2.45) is 7.05 Å². The Morgan fingerprint density at radius 3 is 2.41 bits per heavy atom. The van der Waals surface area contributed by atoms with Crippen molar-refractivity contribution in [3.05, 3.63) is 77.9 Å². The molecule has 1 atom stereocenters. The van der Waals surface area contributed by atoms with Crippen LogP contribution in [0.15, 0.2) is 60.9 Å². The maximum absolute atomic E-state index is 13.4. The van der Waals surface area contributed by atoms with Gasteiger partial charge in [-0.25, -0.2) is 4.98 Å². The van der Waals surface area contributed by atoms with Gasteiger partial charge in [0.15, 0.2) is 11.5 Å². The van der Waals surface area contributed by atoms with E-state index in [2.05, 4.69) is 10.3 Å². The van der Waals surface area contributed by atoms with Crippen LogP contribution in [0.25, 0.3) is 0 Å². The Hall–Kier alpha value is -3.28. The Balaban J connectivity index is 1.70. The molecule has 1 aliphatic carbocycles. The standard InChI is InChI=1S/C23H25N3O3/c1-26-14-13-24-21(26)20(16-9-10-18(28-2)19(15-16)29-3)25-22(27)23(11-12-23)17-7-5-4-6-8-17/h4-10,13-15,20H,11-12H2,1-3H3,(H,25,27)/t20-/m1/s1. The van der Waals surface area contributed by atoms with Crippen LogP contribution in [0.3, 0.4) is 0 Å². The van der Waals surface area contributed by atoms with Gasteiger partial charge in [0.05, 0.1) is 19.6 Å². The quantitative estimate of drug-likeness (QED) is 0.671. The second-order valence-corrected chi connectivity index (χ2v) is 7.37. The molecule has 0 saturated heterocycles. The Morgan fingerprint density at radius 2 is 1.83 bits per heavy atom. The third kappa shape index (κ3) is 3.46. The van der Waals surface area contributed by atoms with Gasteiger partial charge in [-0.2, -0.15) is 0 Å². The Labute approximate surface area is 170 Å². The van der Waals surface area contributed by atoms with Gasteiger partial charge in [0, 0.05) is 19.4 Å². The van der Waals surface area contributed by atoms with Crippen molar-refractivity contribution in [1.82, 2.24) is 14.9 Å². The third-order valence-corrected chi connectivity index (χ3v) is 5.64.